The van der Waals surface area contributed by atoms with E-state index in [1.807, 2.05) is 0 Å². The number of hydrogen-bond donors (Lipinski definition) is 0. The third kappa shape index (κ3) is 10.9. The fourth-order valence-corrected chi connectivity index (χ4v) is 2.47. The summed E-state index contributed by atoms with van der Waals surface area (Å²) in [6, 6.07) is 0. The zero-order chi connectivity index (χ0) is 9.40. The second-order valence-corrected chi connectivity index (χ2v) is 6.17. The molecule has 0 atom stereocenters. The molecule has 0 N–H and O–H groups in total. The van der Waals surface area contributed by atoms with Gasteiger partial charge in [-0.3, -0.25) is 0 Å². The standard InChI is InChI=1S/C10H24NSi.CH3.Li/c1-5-7-9-11(12(3)4)10-8-6-2;;/h5-10H2,1-4H3;1H3;/q;-1;+1. The summed E-state index contributed by atoms with van der Waals surface area (Å²) >= 11 is 0. The SMILES string of the molecule is CCCCN(CCCC)[Si](C)C.[CH3-].[Li+]. The first-order chi connectivity index (χ1) is 5.72. The molecule has 3 heteroatoms. The van der Waals surface area contributed by atoms with Crippen LogP contribution in [-0.2, 0) is 0 Å². The molecule has 0 aliphatic heterocycles. The van der Waals surface area contributed by atoms with Crippen molar-refractivity contribution in [3.05, 3.63) is 7.43 Å². The molecule has 81 valence electrons. The molecule has 0 spiro atoms. The fraction of sp³-hybridized carbons (Fsp3) is 0.909. The molecule has 0 bridgehead atoms. The van der Waals surface area contributed by atoms with Gasteiger partial charge in [0.25, 0.3) is 0 Å². The molecule has 0 heterocycles. The molecule has 14 heavy (non-hydrogen) atoms. The van der Waals surface area contributed by atoms with Crippen LogP contribution in [0.15, 0.2) is 0 Å². The van der Waals surface area contributed by atoms with E-state index in [1.54, 1.807) is 0 Å². The predicted molar refractivity (Wildman–Crippen MR) is 65.3 cm³/mol. The molecule has 0 aliphatic rings. The van der Waals surface area contributed by atoms with Gasteiger partial charge >= 0.3 is 18.9 Å². The van der Waals surface area contributed by atoms with Crippen molar-refractivity contribution in [3.63, 3.8) is 0 Å². The quantitative estimate of drug-likeness (QED) is 0.437. The van der Waals surface area contributed by atoms with Crippen LogP contribution in [0.2, 0.25) is 13.1 Å². The minimum atomic E-state index is -0.185. The van der Waals surface area contributed by atoms with Crippen LogP contribution in [0.25, 0.3) is 0 Å². The summed E-state index contributed by atoms with van der Waals surface area (Å²) in [7, 11) is -0.185. The van der Waals surface area contributed by atoms with Gasteiger partial charge in [0, 0.05) is 0 Å². The Balaban J connectivity index is -0.000000605. The van der Waals surface area contributed by atoms with E-state index in [0.717, 1.165) is 0 Å². The van der Waals surface area contributed by atoms with Gasteiger partial charge in [0.05, 0.1) is 0 Å². The van der Waals surface area contributed by atoms with Crippen molar-refractivity contribution in [3.8, 4) is 0 Å². The molecule has 0 saturated carbocycles. The third-order valence-electron chi connectivity index (χ3n) is 2.20. The number of nitrogens with zero attached hydrogens (tertiary/aromatic N) is 1. The zero-order valence-corrected chi connectivity index (χ0v) is 12.2. The van der Waals surface area contributed by atoms with Gasteiger partial charge in [-0.15, -0.1) is 0 Å². The van der Waals surface area contributed by atoms with Gasteiger partial charge in [0.2, 0.25) is 0 Å². The van der Waals surface area contributed by atoms with Gasteiger partial charge in [0.15, 0.2) is 0 Å². The molecular formula is C11H27LiNSi. The van der Waals surface area contributed by atoms with Crippen molar-refractivity contribution in [2.24, 2.45) is 0 Å². The van der Waals surface area contributed by atoms with Gasteiger partial charge in [0.1, 0.15) is 8.96 Å². The van der Waals surface area contributed by atoms with Crippen LogP contribution < -0.4 is 18.9 Å². The topological polar surface area (TPSA) is 3.24 Å². The van der Waals surface area contributed by atoms with Crippen LogP contribution in [0.4, 0.5) is 0 Å². The maximum absolute atomic E-state index is 2.69. The molecule has 0 saturated heterocycles. The zero-order valence-electron chi connectivity index (χ0n) is 11.2. The first kappa shape index (κ1) is 20.2. The van der Waals surface area contributed by atoms with Crippen molar-refractivity contribution >= 4 is 8.96 Å². The minimum absolute atomic E-state index is 0. The molecule has 0 unspecified atom stereocenters. The van der Waals surface area contributed by atoms with Gasteiger partial charge < -0.3 is 12.0 Å². The molecule has 0 aromatic heterocycles. The molecule has 0 rings (SSSR count). The van der Waals surface area contributed by atoms with E-state index in [0.29, 0.717) is 0 Å². The summed E-state index contributed by atoms with van der Waals surface area (Å²) in [5.74, 6) is 0. The molecule has 1 nitrogen and oxygen atoms in total. The van der Waals surface area contributed by atoms with Gasteiger partial charge in [-0.1, -0.05) is 39.8 Å². The largest absolute Gasteiger partial charge is 1.00 e. The molecule has 0 amide bonds. The Hall–Kier alpha value is 0.774. The fourth-order valence-electron chi connectivity index (χ4n) is 1.26. The second-order valence-electron chi connectivity index (χ2n) is 3.64. The van der Waals surface area contributed by atoms with E-state index in [2.05, 4.69) is 31.5 Å². The molecule has 0 fully saturated rings. The van der Waals surface area contributed by atoms with Crippen LogP contribution in [0.5, 0.6) is 0 Å². The van der Waals surface area contributed by atoms with Crippen molar-refractivity contribution in [2.45, 2.75) is 52.6 Å². The van der Waals surface area contributed by atoms with E-state index < -0.39 is 0 Å². The van der Waals surface area contributed by atoms with Crippen LogP contribution >= 0.6 is 0 Å². The van der Waals surface area contributed by atoms with Crippen molar-refractivity contribution < 1.29 is 18.9 Å². The number of unbranched alkanes of at least 4 members (excludes halogenated alkanes) is 2. The summed E-state index contributed by atoms with van der Waals surface area (Å²) < 4.78 is 2.69. The van der Waals surface area contributed by atoms with Crippen LogP contribution in [0, 0.1) is 7.43 Å². The Labute approximate surface area is 106 Å². The Morgan fingerprint density at radius 3 is 1.50 bits per heavy atom. The smallest absolute Gasteiger partial charge is 0.358 e. The van der Waals surface area contributed by atoms with E-state index >= 15 is 0 Å². The second kappa shape index (κ2) is 13.8. The molecular weight excluding hydrogens is 181 g/mol. The summed E-state index contributed by atoms with van der Waals surface area (Å²) in [6.45, 7) is 12.0. The molecule has 1 radical (unpaired) electrons. The van der Waals surface area contributed by atoms with Crippen molar-refractivity contribution in [2.75, 3.05) is 13.1 Å². The van der Waals surface area contributed by atoms with Crippen LogP contribution in [-0.4, -0.2) is 26.6 Å². The first-order valence-corrected chi connectivity index (χ1v) is 7.72. The Morgan fingerprint density at radius 1 is 0.929 bits per heavy atom. The predicted octanol–water partition coefficient (Wildman–Crippen LogP) is 0.594. The van der Waals surface area contributed by atoms with E-state index in [-0.39, 0.29) is 35.2 Å². The maximum Gasteiger partial charge on any atom is 1.00 e. The average Bonchev–Trinajstić information content (AvgIpc) is 2.04. The van der Waals surface area contributed by atoms with Crippen molar-refractivity contribution in [1.82, 2.24) is 4.57 Å². The molecule has 0 aromatic carbocycles. The summed E-state index contributed by atoms with van der Waals surface area (Å²) in [4.78, 5) is 0. The summed E-state index contributed by atoms with van der Waals surface area (Å²) in [5, 5.41) is 0. The van der Waals surface area contributed by atoms with E-state index in [9.17, 15) is 0 Å². The van der Waals surface area contributed by atoms with Crippen LogP contribution in [0.3, 0.4) is 0 Å². The van der Waals surface area contributed by atoms with Gasteiger partial charge in [-0.2, -0.15) is 0 Å². The minimum Gasteiger partial charge on any atom is -0.358 e. The summed E-state index contributed by atoms with van der Waals surface area (Å²) in [5.41, 5.74) is 0. The Morgan fingerprint density at radius 2 is 1.29 bits per heavy atom. The van der Waals surface area contributed by atoms with Crippen LogP contribution in [0.1, 0.15) is 39.5 Å². The van der Waals surface area contributed by atoms with Gasteiger partial charge in [-0.25, -0.2) is 0 Å². The Bertz CT molecular complexity index is 91.3. The molecule has 0 aliphatic carbocycles. The third-order valence-corrected chi connectivity index (χ3v) is 3.91. The maximum atomic E-state index is 2.69. The monoisotopic (exact) mass is 208 g/mol. The van der Waals surface area contributed by atoms with E-state index in [1.165, 1.54) is 38.8 Å². The molecule has 0 aromatic rings. The van der Waals surface area contributed by atoms with Crippen molar-refractivity contribution in [1.29, 1.82) is 0 Å². The number of rotatable bonds is 7. The van der Waals surface area contributed by atoms with E-state index in [4.69, 9.17) is 0 Å². The first-order valence-electron chi connectivity index (χ1n) is 5.27. The average molecular weight is 208 g/mol. The summed E-state index contributed by atoms with van der Waals surface area (Å²) in [6.07, 6.45) is 5.41. The number of hydrogen-bond acceptors (Lipinski definition) is 1. The Kier molecular flexibility index (Phi) is 19.9. The normalized spacial score (nSPS) is 9.86. The van der Waals surface area contributed by atoms with Gasteiger partial charge in [-0.05, 0) is 25.9 Å².